The number of rotatable bonds is 4. The van der Waals surface area contributed by atoms with Gasteiger partial charge in [-0.15, -0.1) is 0 Å². The first-order chi connectivity index (χ1) is 10.6. The highest BCUT2D eigenvalue weighted by Crippen LogP contribution is 2.37. The largest absolute Gasteiger partial charge is 0.340 e. The van der Waals surface area contributed by atoms with Crippen molar-refractivity contribution in [3.63, 3.8) is 0 Å². The minimum atomic E-state index is -0.0243. The lowest BCUT2D eigenvalue weighted by molar-refractivity contribution is -0.141. The van der Waals surface area contributed by atoms with Gasteiger partial charge in [0.05, 0.1) is 5.92 Å². The Morgan fingerprint density at radius 2 is 1.78 bits per heavy atom. The SMILES string of the molecule is CC(C)CN1CCN(C(=O)[C@@H]2CCN(C(C)C)C2(C)C)C[C@@H]1C. The lowest BCUT2D eigenvalue weighted by Gasteiger charge is -2.44. The number of piperazine rings is 1. The van der Waals surface area contributed by atoms with Crippen LogP contribution in [0.4, 0.5) is 0 Å². The molecule has 0 N–H and O–H groups in total. The number of hydrogen-bond donors (Lipinski definition) is 0. The third-order valence-electron chi connectivity index (χ3n) is 5.85. The molecule has 1 amide bonds. The molecule has 0 spiro atoms. The molecule has 0 aromatic rings. The minimum absolute atomic E-state index is 0.0243. The zero-order chi connectivity index (χ0) is 17.4. The molecule has 0 saturated carbocycles. The summed E-state index contributed by atoms with van der Waals surface area (Å²) in [6.07, 6.45) is 1.00. The Balaban J connectivity index is 2.00. The highest BCUT2D eigenvalue weighted by Gasteiger charge is 2.47. The molecule has 0 aliphatic carbocycles. The van der Waals surface area contributed by atoms with E-state index in [0.29, 0.717) is 23.9 Å². The molecule has 4 heteroatoms. The van der Waals surface area contributed by atoms with Crippen LogP contribution in [0.3, 0.4) is 0 Å². The number of nitrogens with zero attached hydrogens (tertiary/aromatic N) is 3. The van der Waals surface area contributed by atoms with Crippen LogP contribution in [0.1, 0.15) is 54.9 Å². The van der Waals surface area contributed by atoms with Crippen LogP contribution in [0.15, 0.2) is 0 Å². The van der Waals surface area contributed by atoms with Crippen molar-refractivity contribution in [1.29, 1.82) is 0 Å². The van der Waals surface area contributed by atoms with E-state index in [9.17, 15) is 4.79 Å². The Morgan fingerprint density at radius 1 is 1.13 bits per heavy atom. The van der Waals surface area contributed by atoms with Crippen molar-refractivity contribution >= 4 is 5.91 Å². The maximum Gasteiger partial charge on any atom is 0.227 e. The van der Waals surface area contributed by atoms with Crippen molar-refractivity contribution in [3.8, 4) is 0 Å². The summed E-state index contributed by atoms with van der Waals surface area (Å²) in [5.41, 5.74) is -0.0243. The van der Waals surface area contributed by atoms with Gasteiger partial charge in [-0.2, -0.15) is 0 Å². The molecule has 2 aliphatic heterocycles. The van der Waals surface area contributed by atoms with Crippen LogP contribution in [0.5, 0.6) is 0 Å². The average Bonchev–Trinajstić information content (AvgIpc) is 2.75. The Hall–Kier alpha value is -0.610. The normalized spacial score (nSPS) is 29.7. The molecule has 0 unspecified atom stereocenters. The van der Waals surface area contributed by atoms with Crippen LogP contribution >= 0.6 is 0 Å². The van der Waals surface area contributed by atoms with Crippen LogP contribution in [0, 0.1) is 11.8 Å². The summed E-state index contributed by atoms with van der Waals surface area (Å²) in [5.74, 6) is 1.22. The number of likely N-dealkylation sites (tertiary alicyclic amines) is 1. The predicted octanol–water partition coefficient (Wildman–Crippen LogP) is 2.68. The van der Waals surface area contributed by atoms with Gasteiger partial charge in [0.2, 0.25) is 5.91 Å². The molecule has 0 bridgehead atoms. The second kappa shape index (κ2) is 7.10. The molecule has 2 rings (SSSR count). The second-order valence-electron chi connectivity index (χ2n) is 8.80. The highest BCUT2D eigenvalue weighted by atomic mass is 16.2. The minimum Gasteiger partial charge on any atom is -0.340 e. The van der Waals surface area contributed by atoms with E-state index in [1.165, 1.54) is 0 Å². The van der Waals surface area contributed by atoms with Gasteiger partial charge in [0.25, 0.3) is 0 Å². The predicted molar refractivity (Wildman–Crippen MR) is 96.5 cm³/mol. The van der Waals surface area contributed by atoms with Crippen LogP contribution < -0.4 is 0 Å². The number of amides is 1. The van der Waals surface area contributed by atoms with Gasteiger partial charge in [0.15, 0.2) is 0 Å². The van der Waals surface area contributed by atoms with E-state index in [-0.39, 0.29) is 11.5 Å². The van der Waals surface area contributed by atoms with E-state index in [4.69, 9.17) is 0 Å². The monoisotopic (exact) mass is 323 g/mol. The first-order valence-corrected chi connectivity index (χ1v) is 9.44. The first-order valence-electron chi connectivity index (χ1n) is 9.44. The molecule has 2 fully saturated rings. The topological polar surface area (TPSA) is 26.8 Å². The molecule has 0 radical (unpaired) electrons. The molecular formula is C19H37N3O. The molecule has 134 valence electrons. The van der Waals surface area contributed by atoms with Crippen molar-refractivity contribution < 1.29 is 4.79 Å². The van der Waals surface area contributed by atoms with Crippen molar-refractivity contribution in [2.45, 2.75) is 72.5 Å². The number of carbonyl (C=O) groups is 1. The standard InChI is InChI=1S/C19H37N3O/c1-14(2)12-20-10-11-21(13-16(20)5)18(23)17-8-9-22(15(3)4)19(17,6)7/h14-17H,8-13H2,1-7H3/t16-,17-/m0/s1. The van der Waals surface area contributed by atoms with Crippen molar-refractivity contribution in [2.24, 2.45) is 11.8 Å². The Bertz CT molecular complexity index is 419. The molecule has 0 aromatic carbocycles. The Labute approximate surface area is 143 Å². The van der Waals surface area contributed by atoms with Crippen LogP contribution in [0.25, 0.3) is 0 Å². The van der Waals surface area contributed by atoms with Gasteiger partial charge in [0, 0.05) is 43.8 Å². The van der Waals surface area contributed by atoms with Gasteiger partial charge in [-0.25, -0.2) is 0 Å². The molecule has 4 nitrogen and oxygen atoms in total. The highest BCUT2D eigenvalue weighted by molar-refractivity contribution is 5.80. The Kier molecular flexibility index (Phi) is 5.78. The molecular weight excluding hydrogens is 286 g/mol. The first kappa shape index (κ1) is 18.7. The maximum atomic E-state index is 13.1. The summed E-state index contributed by atoms with van der Waals surface area (Å²) < 4.78 is 0. The second-order valence-corrected chi connectivity index (χ2v) is 8.80. The summed E-state index contributed by atoms with van der Waals surface area (Å²) >= 11 is 0. The molecule has 2 atom stereocenters. The third-order valence-corrected chi connectivity index (χ3v) is 5.85. The van der Waals surface area contributed by atoms with E-state index in [0.717, 1.165) is 39.1 Å². The van der Waals surface area contributed by atoms with E-state index >= 15 is 0 Å². The molecule has 0 aromatic heterocycles. The van der Waals surface area contributed by atoms with Crippen LogP contribution in [0.2, 0.25) is 0 Å². The Morgan fingerprint density at radius 3 is 2.26 bits per heavy atom. The fraction of sp³-hybridized carbons (Fsp3) is 0.947. The number of hydrogen-bond acceptors (Lipinski definition) is 3. The zero-order valence-corrected chi connectivity index (χ0v) is 16.3. The van der Waals surface area contributed by atoms with Gasteiger partial charge >= 0.3 is 0 Å². The summed E-state index contributed by atoms with van der Waals surface area (Å²) in [5, 5.41) is 0. The van der Waals surface area contributed by atoms with E-state index in [2.05, 4.69) is 63.2 Å². The van der Waals surface area contributed by atoms with Gasteiger partial charge < -0.3 is 4.90 Å². The van der Waals surface area contributed by atoms with E-state index in [1.54, 1.807) is 0 Å². The summed E-state index contributed by atoms with van der Waals surface area (Å²) in [6.45, 7) is 20.8. The van der Waals surface area contributed by atoms with E-state index in [1.807, 2.05) is 0 Å². The van der Waals surface area contributed by atoms with Crippen molar-refractivity contribution in [2.75, 3.05) is 32.7 Å². The lowest BCUT2D eigenvalue weighted by Crippen LogP contribution is -2.57. The van der Waals surface area contributed by atoms with Crippen LogP contribution in [-0.4, -0.2) is 71.0 Å². The van der Waals surface area contributed by atoms with Crippen molar-refractivity contribution in [3.05, 3.63) is 0 Å². The van der Waals surface area contributed by atoms with Crippen molar-refractivity contribution in [1.82, 2.24) is 14.7 Å². The lowest BCUT2D eigenvalue weighted by atomic mass is 9.86. The van der Waals surface area contributed by atoms with Gasteiger partial charge in [0.1, 0.15) is 0 Å². The molecule has 2 heterocycles. The third kappa shape index (κ3) is 3.90. The molecule has 23 heavy (non-hydrogen) atoms. The fourth-order valence-electron chi connectivity index (χ4n) is 4.62. The zero-order valence-electron chi connectivity index (χ0n) is 16.3. The molecule has 2 saturated heterocycles. The smallest absolute Gasteiger partial charge is 0.227 e. The van der Waals surface area contributed by atoms with Gasteiger partial charge in [-0.05, 0) is 53.5 Å². The van der Waals surface area contributed by atoms with E-state index < -0.39 is 0 Å². The number of carbonyl (C=O) groups excluding carboxylic acids is 1. The maximum absolute atomic E-state index is 13.1. The summed E-state index contributed by atoms with van der Waals surface area (Å²) in [4.78, 5) is 20.3. The summed E-state index contributed by atoms with van der Waals surface area (Å²) in [7, 11) is 0. The quantitative estimate of drug-likeness (QED) is 0.796. The molecule has 2 aliphatic rings. The van der Waals surface area contributed by atoms with Gasteiger partial charge in [-0.3, -0.25) is 14.6 Å². The average molecular weight is 324 g/mol. The van der Waals surface area contributed by atoms with Crippen LogP contribution in [-0.2, 0) is 4.79 Å². The van der Waals surface area contributed by atoms with Gasteiger partial charge in [-0.1, -0.05) is 13.8 Å². The summed E-state index contributed by atoms with van der Waals surface area (Å²) in [6, 6.07) is 0.977. The fourth-order valence-corrected chi connectivity index (χ4v) is 4.62.